The van der Waals surface area contributed by atoms with Crippen LogP contribution in [0.1, 0.15) is 30.1 Å². The summed E-state index contributed by atoms with van der Waals surface area (Å²) in [5.41, 5.74) is 0.684. The van der Waals surface area contributed by atoms with Crippen LogP contribution >= 0.6 is 11.8 Å². The number of rotatable bonds is 7. The third-order valence-corrected chi connectivity index (χ3v) is 4.12. The van der Waals surface area contributed by atoms with Crippen molar-refractivity contribution in [3.05, 3.63) is 29.8 Å². The predicted octanol–water partition coefficient (Wildman–Crippen LogP) is 3.18. The average molecular weight is 280 g/mol. The highest BCUT2D eigenvalue weighted by Crippen LogP contribution is 2.22. The van der Waals surface area contributed by atoms with E-state index < -0.39 is 0 Å². The summed E-state index contributed by atoms with van der Waals surface area (Å²) in [4.78, 5) is 12.2. The number of thioether (sulfide) groups is 1. The van der Waals surface area contributed by atoms with E-state index in [-0.39, 0.29) is 5.78 Å². The van der Waals surface area contributed by atoms with Crippen LogP contribution in [0.15, 0.2) is 24.3 Å². The summed E-state index contributed by atoms with van der Waals surface area (Å²) in [6, 6.07) is 7.45. The molecule has 0 aliphatic carbocycles. The van der Waals surface area contributed by atoms with E-state index in [1.54, 1.807) is 11.8 Å². The normalized spacial score (nSPS) is 18.5. The molecular formula is C15H20O3S. The Kier molecular flexibility index (Phi) is 5.73. The molecule has 1 aliphatic heterocycles. The molecule has 1 atom stereocenters. The standard InChI is InChI=1S/C15H20O3S/c1-2-17-15-8-4-3-7-13(15)14(16)11-19-10-12-6-5-9-18-12/h3-4,7-8,12H,2,5-6,9-11H2,1H3. The number of Topliss-reactive ketones (excluding diaryl/α,β-unsaturated/α-hetero) is 1. The van der Waals surface area contributed by atoms with Gasteiger partial charge in [0.25, 0.3) is 0 Å². The lowest BCUT2D eigenvalue weighted by molar-refractivity contribution is 0.101. The van der Waals surface area contributed by atoms with Crippen molar-refractivity contribution in [3.8, 4) is 5.75 Å². The van der Waals surface area contributed by atoms with Gasteiger partial charge in [0.1, 0.15) is 5.75 Å². The lowest BCUT2D eigenvalue weighted by Gasteiger charge is -2.10. The van der Waals surface area contributed by atoms with E-state index in [1.807, 2.05) is 31.2 Å². The van der Waals surface area contributed by atoms with E-state index in [1.165, 1.54) is 0 Å². The zero-order valence-electron chi connectivity index (χ0n) is 11.3. The molecule has 19 heavy (non-hydrogen) atoms. The lowest BCUT2D eigenvalue weighted by atomic mass is 10.1. The molecule has 0 spiro atoms. The molecule has 0 aromatic heterocycles. The smallest absolute Gasteiger partial charge is 0.176 e. The first-order valence-corrected chi connectivity index (χ1v) is 7.91. The highest BCUT2D eigenvalue weighted by atomic mass is 32.2. The van der Waals surface area contributed by atoms with Crippen molar-refractivity contribution >= 4 is 17.5 Å². The summed E-state index contributed by atoms with van der Waals surface area (Å²) < 4.78 is 11.0. The Bertz CT molecular complexity index is 414. The van der Waals surface area contributed by atoms with E-state index in [0.717, 1.165) is 25.2 Å². The summed E-state index contributed by atoms with van der Waals surface area (Å²) in [7, 11) is 0. The Morgan fingerprint density at radius 3 is 3.05 bits per heavy atom. The van der Waals surface area contributed by atoms with Crippen LogP contribution in [0, 0.1) is 0 Å². The maximum Gasteiger partial charge on any atom is 0.176 e. The number of hydrogen-bond donors (Lipinski definition) is 0. The van der Waals surface area contributed by atoms with Crippen molar-refractivity contribution in [1.82, 2.24) is 0 Å². The van der Waals surface area contributed by atoms with Crippen molar-refractivity contribution in [3.63, 3.8) is 0 Å². The number of ether oxygens (including phenoxy) is 2. The second-order valence-electron chi connectivity index (χ2n) is 4.50. The molecule has 0 N–H and O–H groups in total. The van der Waals surface area contributed by atoms with Crippen LogP contribution in [0.3, 0.4) is 0 Å². The number of ketones is 1. The minimum atomic E-state index is 0.132. The minimum Gasteiger partial charge on any atom is -0.493 e. The van der Waals surface area contributed by atoms with Crippen LogP contribution < -0.4 is 4.74 Å². The average Bonchev–Trinajstić information content (AvgIpc) is 2.93. The topological polar surface area (TPSA) is 35.5 Å². The summed E-state index contributed by atoms with van der Waals surface area (Å²) in [5.74, 6) is 2.21. The molecule has 0 saturated carbocycles. The Morgan fingerprint density at radius 2 is 2.32 bits per heavy atom. The molecule has 0 amide bonds. The van der Waals surface area contributed by atoms with Gasteiger partial charge >= 0.3 is 0 Å². The maximum absolute atomic E-state index is 12.2. The number of para-hydroxylation sites is 1. The van der Waals surface area contributed by atoms with Gasteiger partial charge in [-0.05, 0) is 31.9 Å². The van der Waals surface area contributed by atoms with Gasteiger partial charge in [-0.2, -0.15) is 11.8 Å². The number of benzene rings is 1. The summed E-state index contributed by atoms with van der Waals surface area (Å²) in [6.07, 6.45) is 2.60. The summed E-state index contributed by atoms with van der Waals surface area (Å²) in [6.45, 7) is 3.37. The third-order valence-electron chi connectivity index (χ3n) is 3.05. The van der Waals surface area contributed by atoms with Crippen LogP contribution in [0.5, 0.6) is 5.75 Å². The minimum absolute atomic E-state index is 0.132. The molecule has 1 heterocycles. The lowest BCUT2D eigenvalue weighted by Crippen LogP contribution is -2.12. The van der Waals surface area contributed by atoms with Gasteiger partial charge < -0.3 is 9.47 Å². The van der Waals surface area contributed by atoms with Gasteiger partial charge in [0.05, 0.1) is 24.0 Å². The highest BCUT2D eigenvalue weighted by molar-refractivity contribution is 8.00. The summed E-state index contributed by atoms with van der Waals surface area (Å²) in [5, 5.41) is 0. The number of carbonyl (C=O) groups excluding carboxylic acids is 1. The number of carbonyl (C=O) groups is 1. The van der Waals surface area contributed by atoms with Crippen molar-refractivity contribution in [2.24, 2.45) is 0 Å². The molecule has 4 heteroatoms. The van der Waals surface area contributed by atoms with Crippen LogP contribution in [0.25, 0.3) is 0 Å². The van der Waals surface area contributed by atoms with E-state index in [2.05, 4.69) is 0 Å². The predicted molar refractivity (Wildman–Crippen MR) is 78.2 cm³/mol. The quantitative estimate of drug-likeness (QED) is 0.719. The number of hydrogen-bond acceptors (Lipinski definition) is 4. The molecule has 0 radical (unpaired) electrons. The first-order valence-electron chi connectivity index (χ1n) is 6.75. The van der Waals surface area contributed by atoms with Crippen LogP contribution in [-0.4, -0.2) is 36.6 Å². The Hall–Kier alpha value is -1.00. The Morgan fingerprint density at radius 1 is 1.47 bits per heavy atom. The third kappa shape index (κ3) is 4.25. The van der Waals surface area contributed by atoms with Gasteiger partial charge in [-0.25, -0.2) is 0 Å². The van der Waals surface area contributed by atoms with Crippen molar-refractivity contribution < 1.29 is 14.3 Å². The molecule has 1 saturated heterocycles. The van der Waals surface area contributed by atoms with Crippen LogP contribution in [0.2, 0.25) is 0 Å². The zero-order chi connectivity index (χ0) is 13.5. The van der Waals surface area contributed by atoms with Crippen molar-refractivity contribution in [1.29, 1.82) is 0 Å². The SMILES string of the molecule is CCOc1ccccc1C(=O)CSCC1CCCO1. The fourth-order valence-corrected chi connectivity index (χ4v) is 3.10. The first kappa shape index (κ1) is 14.4. The Balaban J connectivity index is 1.84. The Labute approximate surface area is 118 Å². The fraction of sp³-hybridized carbons (Fsp3) is 0.533. The van der Waals surface area contributed by atoms with Gasteiger partial charge in [0.15, 0.2) is 5.78 Å². The van der Waals surface area contributed by atoms with Gasteiger partial charge in [-0.15, -0.1) is 0 Å². The van der Waals surface area contributed by atoms with Crippen molar-refractivity contribution in [2.75, 3.05) is 24.7 Å². The van der Waals surface area contributed by atoms with E-state index in [0.29, 0.717) is 29.8 Å². The fourth-order valence-electron chi connectivity index (χ4n) is 2.11. The van der Waals surface area contributed by atoms with E-state index >= 15 is 0 Å². The maximum atomic E-state index is 12.2. The van der Waals surface area contributed by atoms with Gasteiger partial charge in [0.2, 0.25) is 0 Å². The van der Waals surface area contributed by atoms with Gasteiger partial charge in [-0.3, -0.25) is 4.79 Å². The molecule has 1 aliphatic rings. The van der Waals surface area contributed by atoms with Crippen molar-refractivity contribution in [2.45, 2.75) is 25.9 Å². The largest absolute Gasteiger partial charge is 0.493 e. The molecule has 1 fully saturated rings. The molecule has 1 unspecified atom stereocenters. The summed E-state index contributed by atoms with van der Waals surface area (Å²) >= 11 is 1.65. The molecule has 104 valence electrons. The zero-order valence-corrected chi connectivity index (χ0v) is 12.1. The molecule has 0 bridgehead atoms. The first-order chi connectivity index (χ1) is 9.31. The molecular weight excluding hydrogens is 260 g/mol. The second kappa shape index (κ2) is 7.56. The van der Waals surface area contributed by atoms with Crippen LogP contribution in [0.4, 0.5) is 0 Å². The van der Waals surface area contributed by atoms with Crippen LogP contribution in [-0.2, 0) is 4.74 Å². The van der Waals surface area contributed by atoms with Gasteiger partial charge in [0, 0.05) is 12.4 Å². The second-order valence-corrected chi connectivity index (χ2v) is 5.53. The molecule has 2 rings (SSSR count). The van der Waals surface area contributed by atoms with E-state index in [9.17, 15) is 4.79 Å². The highest BCUT2D eigenvalue weighted by Gasteiger charge is 2.17. The molecule has 3 nitrogen and oxygen atoms in total. The monoisotopic (exact) mass is 280 g/mol. The van der Waals surface area contributed by atoms with E-state index in [4.69, 9.17) is 9.47 Å². The molecule has 1 aromatic rings. The van der Waals surface area contributed by atoms with Gasteiger partial charge in [-0.1, -0.05) is 12.1 Å². The molecule has 1 aromatic carbocycles.